The van der Waals surface area contributed by atoms with E-state index < -0.39 is 5.41 Å². The number of nitrogens with one attached hydrogen (secondary N) is 1. The predicted octanol–water partition coefficient (Wildman–Crippen LogP) is 4.90. The van der Waals surface area contributed by atoms with Crippen molar-refractivity contribution < 1.29 is 4.79 Å². The Kier molecular flexibility index (Phi) is 5.27. The van der Waals surface area contributed by atoms with Crippen molar-refractivity contribution in [2.45, 2.75) is 38.0 Å². The van der Waals surface area contributed by atoms with E-state index in [1.807, 2.05) is 59.5 Å². The first kappa shape index (κ1) is 18.0. The molecule has 0 bridgehead atoms. The standard InChI is InChI=1S/C22H25N3O/c1-17(2)19-10-6-7-11-20(19)24-21(26)25-14-12-22(16-23,13-15-25)18-8-4-3-5-9-18/h3-11,17H,12-15H2,1-2H3,(H,24,26). The van der Waals surface area contributed by atoms with Crippen molar-refractivity contribution in [1.82, 2.24) is 4.90 Å². The highest BCUT2D eigenvalue weighted by Crippen LogP contribution is 2.35. The molecular formula is C22H25N3O. The van der Waals surface area contributed by atoms with Gasteiger partial charge in [0.2, 0.25) is 0 Å². The van der Waals surface area contributed by atoms with Gasteiger partial charge in [-0.3, -0.25) is 0 Å². The Labute approximate surface area is 155 Å². The van der Waals surface area contributed by atoms with Gasteiger partial charge in [0, 0.05) is 18.8 Å². The molecule has 3 rings (SSSR count). The van der Waals surface area contributed by atoms with Crippen molar-refractivity contribution in [3.8, 4) is 6.07 Å². The Morgan fingerprint density at radius 1 is 1.08 bits per heavy atom. The fourth-order valence-corrected chi connectivity index (χ4v) is 3.62. The van der Waals surface area contributed by atoms with Crippen LogP contribution in [0.1, 0.15) is 43.7 Å². The summed E-state index contributed by atoms with van der Waals surface area (Å²) in [5.74, 6) is 0.345. The van der Waals surface area contributed by atoms with Crippen LogP contribution in [0.3, 0.4) is 0 Å². The molecule has 2 amide bonds. The van der Waals surface area contributed by atoms with Gasteiger partial charge in [-0.2, -0.15) is 5.26 Å². The molecule has 1 N–H and O–H groups in total. The van der Waals surface area contributed by atoms with E-state index in [-0.39, 0.29) is 6.03 Å². The quantitative estimate of drug-likeness (QED) is 0.858. The average Bonchev–Trinajstić information content (AvgIpc) is 2.69. The van der Waals surface area contributed by atoms with E-state index in [1.54, 1.807) is 0 Å². The molecule has 0 radical (unpaired) electrons. The zero-order chi connectivity index (χ0) is 18.6. The first-order chi connectivity index (χ1) is 12.6. The Balaban J connectivity index is 1.69. The highest BCUT2D eigenvalue weighted by Gasteiger charge is 2.37. The maximum Gasteiger partial charge on any atom is 0.321 e. The summed E-state index contributed by atoms with van der Waals surface area (Å²) in [5.41, 5.74) is 2.56. The molecule has 0 saturated carbocycles. The number of piperidine rings is 1. The van der Waals surface area contributed by atoms with Gasteiger partial charge >= 0.3 is 6.03 Å². The molecule has 0 spiro atoms. The number of likely N-dealkylation sites (tertiary alicyclic amines) is 1. The summed E-state index contributed by atoms with van der Waals surface area (Å²) in [4.78, 5) is 14.5. The summed E-state index contributed by atoms with van der Waals surface area (Å²) >= 11 is 0. The van der Waals surface area contributed by atoms with E-state index in [4.69, 9.17) is 0 Å². The van der Waals surface area contributed by atoms with Gasteiger partial charge in [0.1, 0.15) is 0 Å². The van der Waals surface area contributed by atoms with Crippen LogP contribution in [0.2, 0.25) is 0 Å². The van der Waals surface area contributed by atoms with Crippen LogP contribution in [0, 0.1) is 11.3 Å². The molecule has 0 unspecified atom stereocenters. The van der Waals surface area contributed by atoms with Crippen LogP contribution >= 0.6 is 0 Å². The lowest BCUT2D eigenvalue weighted by Crippen LogP contribution is -2.46. The minimum absolute atomic E-state index is 0.0855. The first-order valence-corrected chi connectivity index (χ1v) is 9.17. The molecule has 4 heteroatoms. The van der Waals surface area contributed by atoms with Gasteiger partial charge in [0.15, 0.2) is 0 Å². The normalized spacial score (nSPS) is 16.2. The first-order valence-electron chi connectivity index (χ1n) is 9.17. The molecule has 0 aliphatic carbocycles. The molecule has 2 aromatic rings. The topological polar surface area (TPSA) is 56.1 Å². The number of carbonyl (C=O) groups excluding carboxylic acids is 1. The zero-order valence-corrected chi connectivity index (χ0v) is 15.4. The van der Waals surface area contributed by atoms with Crippen LogP contribution in [-0.2, 0) is 5.41 Å². The second kappa shape index (κ2) is 7.61. The van der Waals surface area contributed by atoms with Crippen LogP contribution in [0.25, 0.3) is 0 Å². The van der Waals surface area contributed by atoms with E-state index in [0.717, 1.165) is 16.8 Å². The van der Waals surface area contributed by atoms with Crippen LogP contribution in [0.15, 0.2) is 54.6 Å². The third kappa shape index (κ3) is 3.57. The van der Waals surface area contributed by atoms with E-state index in [2.05, 4.69) is 25.2 Å². The molecular weight excluding hydrogens is 322 g/mol. The summed E-state index contributed by atoms with van der Waals surface area (Å²) in [5, 5.41) is 12.8. The highest BCUT2D eigenvalue weighted by molar-refractivity contribution is 5.90. The average molecular weight is 347 g/mol. The number of rotatable bonds is 3. The van der Waals surface area contributed by atoms with Crippen LogP contribution in [0.5, 0.6) is 0 Å². The number of nitriles is 1. The van der Waals surface area contributed by atoms with Crippen molar-refractivity contribution in [2.24, 2.45) is 0 Å². The van der Waals surface area contributed by atoms with E-state index in [1.165, 1.54) is 0 Å². The number of carbonyl (C=O) groups is 1. The van der Waals surface area contributed by atoms with Crippen molar-refractivity contribution in [3.05, 3.63) is 65.7 Å². The molecule has 2 aromatic carbocycles. The maximum absolute atomic E-state index is 12.7. The van der Waals surface area contributed by atoms with Crippen LogP contribution in [-0.4, -0.2) is 24.0 Å². The molecule has 1 aliphatic heterocycles. The Morgan fingerprint density at radius 2 is 1.69 bits per heavy atom. The molecule has 26 heavy (non-hydrogen) atoms. The van der Waals surface area contributed by atoms with Crippen molar-refractivity contribution in [1.29, 1.82) is 5.26 Å². The molecule has 4 nitrogen and oxygen atoms in total. The number of benzene rings is 2. The number of amides is 2. The van der Waals surface area contributed by atoms with Crippen LogP contribution < -0.4 is 5.32 Å². The number of nitrogens with zero attached hydrogens (tertiary/aromatic N) is 2. The van der Waals surface area contributed by atoms with E-state index >= 15 is 0 Å². The molecule has 1 heterocycles. The largest absolute Gasteiger partial charge is 0.324 e. The smallest absolute Gasteiger partial charge is 0.321 e. The monoisotopic (exact) mass is 347 g/mol. The van der Waals surface area contributed by atoms with E-state index in [0.29, 0.717) is 31.8 Å². The zero-order valence-electron chi connectivity index (χ0n) is 15.4. The van der Waals surface area contributed by atoms with Gasteiger partial charge in [0.05, 0.1) is 11.5 Å². The van der Waals surface area contributed by atoms with Gasteiger partial charge in [0.25, 0.3) is 0 Å². The highest BCUT2D eigenvalue weighted by atomic mass is 16.2. The molecule has 0 atom stereocenters. The van der Waals surface area contributed by atoms with Gasteiger partial charge in [-0.15, -0.1) is 0 Å². The molecule has 0 aromatic heterocycles. The summed E-state index contributed by atoms with van der Waals surface area (Å²) in [6.07, 6.45) is 1.32. The third-order valence-electron chi connectivity index (χ3n) is 5.27. The summed E-state index contributed by atoms with van der Waals surface area (Å²) in [7, 11) is 0. The van der Waals surface area contributed by atoms with Crippen molar-refractivity contribution in [3.63, 3.8) is 0 Å². The summed E-state index contributed by atoms with van der Waals surface area (Å²) in [6.45, 7) is 5.40. The lowest BCUT2D eigenvalue weighted by Gasteiger charge is -2.37. The van der Waals surface area contributed by atoms with Gasteiger partial charge in [-0.25, -0.2) is 4.79 Å². The lowest BCUT2D eigenvalue weighted by molar-refractivity contribution is 0.183. The SMILES string of the molecule is CC(C)c1ccccc1NC(=O)N1CCC(C#N)(c2ccccc2)CC1. The number of urea groups is 1. The number of hydrogen-bond donors (Lipinski definition) is 1. The fraction of sp³-hybridized carbons (Fsp3) is 0.364. The van der Waals surface area contributed by atoms with Crippen LogP contribution in [0.4, 0.5) is 10.5 Å². The van der Waals surface area contributed by atoms with E-state index in [9.17, 15) is 10.1 Å². The predicted molar refractivity (Wildman–Crippen MR) is 104 cm³/mol. The number of anilines is 1. The Hall–Kier alpha value is -2.80. The molecule has 134 valence electrons. The Bertz CT molecular complexity index is 800. The van der Waals surface area contributed by atoms with Crippen molar-refractivity contribution in [2.75, 3.05) is 18.4 Å². The van der Waals surface area contributed by atoms with Gasteiger partial charge < -0.3 is 10.2 Å². The van der Waals surface area contributed by atoms with Gasteiger partial charge in [-0.1, -0.05) is 62.4 Å². The minimum atomic E-state index is -0.492. The lowest BCUT2D eigenvalue weighted by atomic mass is 9.74. The third-order valence-corrected chi connectivity index (χ3v) is 5.27. The minimum Gasteiger partial charge on any atom is -0.324 e. The second-order valence-electron chi connectivity index (χ2n) is 7.22. The summed E-state index contributed by atoms with van der Waals surface area (Å²) < 4.78 is 0. The number of para-hydroxylation sites is 1. The Morgan fingerprint density at radius 3 is 2.31 bits per heavy atom. The fourth-order valence-electron chi connectivity index (χ4n) is 3.62. The maximum atomic E-state index is 12.7. The number of hydrogen-bond acceptors (Lipinski definition) is 2. The van der Waals surface area contributed by atoms with Gasteiger partial charge in [-0.05, 0) is 36.0 Å². The molecule has 1 saturated heterocycles. The summed E-state index contributed by atoms with van der Waals surface area (Å²) in [6, 6.07) is 20.3. The second-order valence-corrected chi connectivity index (χ2v) is 7.22. The van der Waals surface area contributed by atoms with Crippen molar-refractivity contribution >= 4 is 11.7 Å². The molecule has 1 aliphatic rings. The molecule has 1 fully saturated rings.